The highest BCUT2D eigenvalue weighted by molar-refractivity contribution is 5.83. The van der Waals surface area contributed by atoms with Gasteiger partial charge in [0.25, 0.3) is 0 Å². The Morgan fingerprint density at radius 2 is 2.38 bits per heavy atom. The number of aliphatic carboxylic acids is 1. The minimum atomic E-state index is -1.10. The van der Waals surface area contributed by atoms with Gasteiger partial charge >= 0.3 is 5.97 Å². The molecular weight excluding hydrogens is 212 g/mol. The second-order valence-electron chi connectivity index (χ2n) is 3.24. The zero-order valence-electron chi connectivity index (χ0n) is 8.64. The van der Waals surface area contributed by atoms with Gasteiger partial charge in [-0.2, -0.15) is 0 Å². The van der Waals surface area contributed by atoms with Gasteiger partial charge in [0.15, 0.2) is 0 Å². The predicted octanol–water partition coefficient (Wildman–Crippen LogP) is -1.13. The lowest BCUT2D eigenvalue weighted by molar-refractivity contribution is -0.141. The van der Waals surface area contributed by atoms with E-state index >= 15 is 0 Å². The number of hydrogen-bond donors (Lipinski definition) is 4. The minimum absolute atomic E-state index is 0.113. The van der Waals surface area contributed by atoms with Crippen molar-refractivity contribution in [3.05, 3.63) is 18.2 Å². The van der Waals surface area contributed by atoms with Crippen LogP contribution in [0.25, 0.3) is 0 Å². The van der Waals surface area contributed by atoms with Crippen LogP contribution in [0, 0.1) is 0 Å². The Morgan fingerprint density at radius 3 is 2.88 bits per heavy atom. The third-order valence-corrected chi connectivity index (χ3v) is 1.96. The number of carboxylic acid groups (broad SMARTS) is 1. The van der Waals surface area contributed by atoms with Gasteiger partial charge in [0.2, 0.25) is 5.91 Å². The van der Waals surface area contributed by atoms with Crippen molar-refractivity contribution in [1.82, 2.24) is 15.3 Å². The predicted molar refractivity (Wildman–Crippen MR) is 55.5 cm³/mol. The van der Waals surface area contributed by atoms with E-state index in [4.69, 9.17) is 10.8 Å². The van der Waals surface area contributed by atoms with Gasteiger partial charge in [0.05, 0.1) is 0 Å². The van der Waals surface area contributed by atoms with E-state index in [0.29, 0.717) is 5.82 Å². The van der Waals surface area contributed by atoms with E-state index in [2.05, 4.69) is 15.3 Å². The van der Waals surface area contributed by atoms with Gasteiger partial charge < -0.3 is 21.1 Å². The van der Waals surface area contributed by atoms with E-state index in [1.807, 2.05) is 0 Å². The van der Waals surface area contributed by atoms with Gasteiger partial charge in [-0.25, -0.2) is 9.78 Å². The molecule has 1 heterocycles. The molecule has 0 aliphatic rings. The molecule has 16 heavy (non-hydrogen) atoms. The van der Waals surface area contributed by atoms with E-state index in [1.54, 1.807) is 6.20 Å². The van der Waals surface area contributed by atoms with E-state index in [9.17, 15) is 9.59 Å². The SMILES string of the molecule is NCCC(=O)N[C@@H](Cc1ncc[nH]1)C(=O)O. The first-order chi connectivity index (χ1) is 7.63. The van der Waals surface area contributed by atoms with E-state index in [-0.39, 0.29) is 25.3 Å². The zero-order chi connectivity index (χ0) is 12.0. The Bertz CT molecular complexity index is 350. The average molecular weight is 226 g/mol. The van der Waals surface area contributed by atoms with Crippen molar-refractivity contribution >= 4 is 11.9 Å². The smallest absolute Gasteiger partial charge is 0.326 e. The maximum absolute atomic E-state index is 11.2. The summed E-state index contributed by atoms with van der Waals surface area (Å²) in [6, 6.07) is -0.981. The average Bonchev–Trinajstić information content (AvgIpc) is 2.69. The largest absolute Gasteiger partial charge is 0.480 e. The van der Waals surface area contributed by atoms with Crippen LogP contribution in [0.5, 0.6) is 0 Å². The van der Waals surface area contributed by atoms with Crippen LogP contribution >= 0.6 is 0 Å². The van der Waals surface area contributed by atoms with E-state index < -0.39 is 12.0 Å². The van der Waals surface area contributed by atoms with Crippen molar-refractivity contribution in [2.24, 2.45) is 5.73 Å². The Kier molecular flexibility index (Phi) is 4.46. The molecular formula is C9H14N4O3. The molecule has 7 heteroatoms. The van der Waals surface area contributed by atoms with Crippen molar-refractivity contribution in [1.29, 1.82) is 0 Å². The molecule has 0 unspecified atom stereocenters. The van der Waals surface area contributed by atoms with E-state index in [0.717, 1.165) is 0 Å². The van der Waals surface area contributed by atoms with Gasteiger partial charge in [0.1, 0.15) is 11.9 Å². The monoisotopic (exact) mass is 226 g/mol. The standard InChI is InChI=1S/C9H14N4O3/c10-2-1-8(14)13-6(9(15)16)5-7-11-3-4-12-7/h3-4,6H,1-2,5,10H2,(H,11,12)(H,13,14)(H,15,16)/t6-/m0/s1. The maximum atomic E-state index is 11.2. The number of nitrogens with one attached hydrogen (secondary N) is 2. The third-order valence-electron chi connectivity index (χ3n) is 1.96. The van der Waals surface area contributed by atoms with Gasteiger partial charge in [-0.15, -0.1) is 0 Å². The molecule has 1 aromatic heterocycles. The number of imidazole rings is 1. The topological polar surface area (TPSA) is 121 Å². The summed E-state index contributed by atoms with van der Waals surface area (Å²) in [5.41, 5.74) is 5.19. The number of amides is 1. The van der Waals surface area contributed by atoms with Crippen molar-refractivity contribution in [3.63, 3.8) is 0 Å². The molecule has 0 bridgehead atoms. The molecule has 7 nitrogen and oxygen atoms in total. The van der Waals surface area contributed by atoms with Crippen LogP contribution < -0.4 is 11.1 Å². The van der Waals surface area contributed by atoms with Crippen LogP contribution in [0.1, 0.15) is 12.2 Å². The number of carboxylic acids is 1. The number of H-pyrrole nitrogens is 1. The fourth-order valence-electron chi connectivity index (χ4n) is 1.20. The Labute approximate surface area is 92.1 Å². The van der Waals surface area contributed by atoms with Crippen LogP contribution in [-0.4, -0.2) is 39.5 Å². The Hall–Kier alpha value is -1.89. The lowest BCUT2D eigenvalue weighted by Crippen LogP contribution is -2.43. The summed E-state index contributed by atoms with van der Waals surface area (Å²) in [4.78, 5) is 28.8. The van der Waals surface area contributed by atoms with Crippen LogP contribution in [0.4, 0.5) is 0 Å². The normalized spacial score (nSPS) is 12.1. The highest BCUT2D eigenvalue weighted by atomic mass is 16.4. The quantitative estimate of drug-likeness (QED) is 0.489. The lowest BCUT2D eigenvalue weighted by atomic mass is 10.2. The molecule has 0 radical (unpaired) electrons. The first-order valence-corrected chi connectivity index (χ1v) is 4.84. The molecule has 1 rings (SSSR count). The van der Waals surface area contributed by atoms with Crippen LogP contribution in [-0.2, 0) is 16.0 Å². The molecule has 1 aromatic rings. The summed E-state index contributed by atoms with van der Waals surface area (Å²) in [7, 11) is 0. The molecule has 0 fully saturated rings. The van der Waals surface area contributed by atoms with Crippen molar-refractivity contribution in [2.45, 2.75) is 18.9 Å². The molecule has 1 atom stereocenters. The lowest BCUT2D eigenvalue weighted by Gasteiger charge is -2.12. The summed E-state index contributed by atoms with van der Waals surface area (Å²) in [6.07, 6.45) is 3.35. The highest BCUT2D eigenvalue weighted by Gasteiger charge is 2.20. The van der Waals surface area contributed by atoms with Gasteiger partial charge in [-0.05, 0) is 0 Å². The second-order valence-corrected chi connectivity index (χ2v) is 3.24. The summed E-state index contributed by atoms with van der Waals surface area (Å²) >= 11 is 0. The molecule has 0 saturated heterocycles. The number of aromatic amines is 1. The molecule has 0 saturated carbocycles. The fraction of sp³-hybridized carbons (Fsp3) is 0.444. The Balaban J connectivity index is 2.54. The molecule has 0 spiro atoms. The summed E-state index contributed by atoms with van der Waals surface area (Å²) < 4.78 is 0. The zero-order valence-corrected chi connectivity index (χ0v) is 8.64. The number of carbonyl (C=O) groups excluding carboxylic acids is 1. The molecule has 0 aliphatic carbocycles. The molecule has 0 aromatic carbocycles. The summed E-state index contributed by atoms with van der Waals surface area (Å²) in [5.74, 6) is -0.955. The number of nitrogens with two attached hydrogens (primary N) is 1. The molecule has 5 N–H and O–H groups in total. The summed E-state index contributed by atoms with van der Waals surface area (Å²) in [5, 5.41) is 11.3. The van der Waals surface area contributed by atoms with Crippen LogP contribution in [0.3, 0.4) is 0 Å². The van der Waals surface area contributed by atoms with Gasteiger partial charge in [-0.1, -0.05) is 0 Å². The Morgan fingerprint density at radius 1 is 1.62 bits per heavy atom. The number of carbonyl (C=O) groups is 2. The third kappa shape index (κ3) is 3.70. The van der Waals surface area contributed by atoms with Crippen LogP contribution in [0.15, 0.2) is 12.4 Å². The maximum Gasteiger partial charge on any atom is 0.326 e. The minimum Gasteiger partial charge on any atom is -0.480 e. The number of rotatable bonds is 6. The number of hydrogen-bond acceptors (Lipinski definition) is 4. The highest BCUT2D eigenvalue weighted by Crippen LogP contribution is 1.97. The van der Waals surface area contributed by atoms with Crippen molar-refractivity contribution < 1.29 is 14.7 Å². The molecule has 0 aliphatic heterocycles. The fourth-order valence-corrected chi connectivity index (χ4v) is 1.20. The second kappa shape index (κ2) is 5.86. The van der Waals surface area contributed by atoms with E-state index in [1.165, 1.54) is 6.20 Å². The number of aromatic nitrogens is 2. The molecule has 88 valence electrons. The first kappa shape index (κ1) is 12.2. The van der Waals surface area contributed by atoms with Crippen molar-refractivity contribution in [3.8, 4) is 0 Å². The first-order valence-electron chi connectivity index (χ1n) is 4.84. The van der Waals surface area contributed by atoms with Crippen LogP contribution in [0.2, 0.25) is 0 Å². The van der Waals surface area contributed by atoms with Gasteiger partial charge in [0, 0.05) is 31.8 Å². The molecule has 1 amide bonds. The van der Waals surface area contributed by atoms with Crippen molar-refractivity contribution in [2.75, 3.05) is 6.54 Å². The van der Waals surface area contributed by atoms with Gasteiger partial charge in [-0.3, -0.25) is 4.79 Å². The number of nitrogens with zero attached hydrogens (tertiary/aromatic N) is 1. The summed E-state index contributed by atoms with van der Waals surface area (Å²) in [6.45, 7) is 0.193.